The van der Waals surface area contributed by atoms with Crippen LogP contribution in [-0.4, -0.2) is 16.7 Å². The number of hydrogen-bond donors (Lipinski definition) is 1. The Balaban J connectivity index is 1.97. The zero-order chi connectivity index (χ0) is 14.6. The number of nitrogens with zero attached hydrogens (tertiary/aromatic N) is 2. The summed E-state index contributed by atoms with van der Waals surface area (Å²) >= 11 is 0. The first-order valence-electron chi connectivity index (χ1n) is 6.46. The molecule has 0 aliphatic heterocycles. The van der Waals surface area contributed by atoms with Crippen molar-refractivity contribution in [2.45, 2.75) is 33.0 Å². The van der Waals surface area contributed by atoms with Crippen molar-refractivity contribution in [1.29, 1.82) is 0 Å². The summed E-state index contributed by atoms with van der Waals surface area (Å²) in [6, 6.07) is 7.12. The predicted molar refractivity (Wildman–Crippen MR) is 74.1 cm³/mol. The standard InChI is InChI=1S/C14H19N3O3/c1-4-19-14(2,3)13-16-12(20-17-13)9-18-11-7-5-10(15)6-8-11/h5-8H,4,9,15H2,1-3H3. The van der Waals surface area contributed by atoms with Gasteiger partial charge in [-0.1, -0.05) is 5.16 Å². The first-order chi connectivity index (χ1) is 9.51. The van der Waals surface area contributed by atoms with Crippen LogP contribution in [0.5, 0.6) is 5.75 Å². The van der Waals surface area contributed by atoms with Crippen LogP contribution in [0.15, 0.2) is 28.8 Å². The number of hydrogen-bond acceptors (Lipinski definition) is 6. The molecule has 6 heteroatoms. The van der Waals surface area contributed by atoms with Gasteiger partial charge in [0.2, 0.25) is 5.82 Å². The van der Waals surface area contributed by atoms with Gasteiger partial charge < -0.3 is 19.7 Å². The van der Waals surface area contributed by atoms with Crippen LogP contribution >= 0.6 is 0 Å². The lowest BCUT2D eigenvalue weighted by molar-refractivity contribution is -0.0221. The van der Waals surface area contributed by atoms with E-state index in [0.29, 0.717) is 29.8 Å². The van der Waals surface area contributed by atoms with Gasteiger partial charge in [0.25, 0.3) is 5.89 Å². The minimum atomic E-state index is -0.572. The molecule has 108 valence electrons. The van der Waals surface area contributed by atoms with Crippen molar-refractivity contribution in [3.63, 3.8) is 0 Å². The summed E-state index contributed by atoms with van der Waals surface area (Å²) < 4.78 is 16.3. The van der Waals surface area contributed by atoms with Crippen LogP contribution in [0.4, 0.5) is 5.69 Å². The number of ether oxygens (including phenoxy) is 2. The fraction of sp³-hybridized carbons (Fsp3) is 0.429. The lowest BCUT2D eigenvalue weighted by atomic mass is 10.1. The van der Waals surface area contributed by atoms with Crippen molar-refractivity contribution >= 4 is 5.69 Å². The molecule has 0 bridgehead atoms. The number of benzene rings is 1. The maximum Gasteiger partial charge on any atom is 0.264 e. The molecule has 0 fully saturated rings. The molecule has 0 unspecified atom stereocenters. The molecule has 0 atom stereocenters. The monoisotopic (exact) mass is 277 g/mol. The van der Waals surface area contributed by atoms with Crippen LogP contribution in [0.25, 0.3) is 0 Å². The number of aromatic nitrogens is 2. The molecule has 1 aromatic carbocycles. The Morgan fingerprint density at radius 2 is 1.95 bits per heavy atom. The summed E-state index contributed by atoms with van der Waals surface area (Å²) in [4.78, 5) is 4.28. The Labute approximate surface area is 117 Å². The third kappa shape index (κ3) is 3.48. The summed E-state index contributed by atoms with van der Waals surface area (Å²) in [5.74, 6) is 1.61. The molecule has 20 heavy (non-hydrogen) atoms. The number of rotatable bonds is 6. The molecule has 0 amide bonds. The average Bonchev–Trinajstić information content (AvgIpc) is 2.88. The first-order valence-corrected chi connectivity index (χ1v) is 6.46. The summed E-state index contributed by atoms with van der Waals surface area (Å²) in [6.07, 6.45) is 0. The second kappa shape index (κ2) is 5.92. The molecular formula is C14H19N3O3. The molecule has 0 radical (unpaired) electrons. The highest BCUT2D eigenvalue weighted by atomic mass is 16.5. The minimum Gasteiger partial charge on any atom is -0.484 e. The number of anilines is 1. The van der Waals surface area contributed by atoms with Crippen LogP contribution in [0.3, 0.4) is 0 Å². The number of nitrogen functional groups attached to an aromatic ring is 1. The van der Waals surface area contributed by atoms with Gasteiger partial charge in [0.1, 0.15) is 11.4 Å². The van der Waals surface area contributed by atoms with Crippen LogP contribution in [-0.2, 0) is 16.9 Å². The average molecular weight is 277 g/mol. The highest BCUT2D eigenvalue weighted by Crippen LogP contribution is 2.22. The molecule has 2 N–H and O–H groups in total. The molecule has 0 aliphatic carbocycles. The normalized spacial score (nSPS) is 11.6. The Morgan fingerprint density at radius 3 is 2.60 bits per heavy atom. The van der Waals surface area contributed by atoms with E-state index >= 15 is 0 Å². The van der Waals surface area contributed by atoms with Crippen LogP contribution in [0, 0.1) is 0 Å². The van der Waals surface area contributed by atoms with Gasteiger partial charge in [0, 0.05) is 12.3 Å². The fourth-order valence-electron chi connectivity index (χ4n) is 1.69. The highest BCUT2D eigenvalue weighted by molar-refractivity contribution is 5.41. The van der Waals surface area contributed by atoms with Gasteiger partial charge in [-0.25, -0.2) is 0 Å². The zero-order valence-electron chi connectivity index (χ0n) is 11.9. The van der Waals surface area contributed by atoms with Crippen LogP contribution in [0.1, 0.15) is 32.5 Å². The third-order valence-corrected chi connectivity index (χ3v) is 2.75. The van der Waals surface area contributed by atoms with E-state index in [1.54, 1.807) is 24.3 Å². The topological polar surface area (TPSA) is 83.4 Å². The Hall–Kier alpha value is -2.08. The molecule has 0 saturated carbocycles. The predicted octanol–water partition coefficient (Wildman–Crippen LogP) is 2.50. The van der Waals surface area contributed by atoms with Crippen molar-refractivity contribution in [3.05, 3.63) is 36.0 Å². The molecule has 2 aromatic rings. The van der Waals surface area contributed by atoms with Gasteiger partial charge >= 0.3 is 0 Å². The minimum absolute atomic E-state index is 0.207. The summed E-state index contributed by atoms with van der Waals surface area (Å²) in [5.41, 5.74) is 5.72. The molecular weight excluding hydrogens is 258 g/mol. The van der Waals surface area contributed by atoms with E-state index in [9.17, 15) is 0 Å². The molecule has 0 aliphatic rings. The van der Waals surface area contributed by atoms with E-state index in [1.807, 2.05) is 20.8 Å². The van der Waals surface area contributed by atoms with Gasteiger partial charge in [-0.15, -0.1) is 0 Å². The Morgan fingerprint density at radius 1 is 1.25 bits per heavy atom. The van der Waals surface area contributed by atoms with E-state index in [0.717, 1.165) is 0 Å². The first kappa shape index (κ1) is 14.3. The third-order valence-electron chi connectivity index (χ3n) is 2.75. The van der Waals surface area contributed by atoms with Gasteiger partial charge in [-0.2, -0.15) is 4.98 Å². The van der Waals surface area contributed by atoms with Gasteiger partial charge in [-0.3, -0.25) is 0 Å². The Bertz CT molecular complexity index is 549. The summed E-state index contributed by atoms with van der Waals surface area (Å²) in [5, 5.41) is 3.92. The van der Waals surface area contributed by atoms with E-state index in [4.69, 9.17) is 19.7 Å². The zero-order valence-corrected chi connectivity index (χ0v) is 11.9. The molecule has 1 heterocycles. The second-order valence-electron chi connectivity index (χ2n) is 4.81. The summed E-state index contributed by atoms with van der Waals surface area (Å²) in [7, 11) is 0. The second-order valence-corrected chi connectivity index (χ2v) is 4.81. The van der Waals surface area contributed by atoms with Crippen molar-refractivity contribution in [1.82, 2.24) is 10.1 Å². The van der Waals surface area contributed by atoms with E-state index in [1.165, 1.54) is 0 Å². The number of nitrogens with two attached hydrogens (primary N) is 1. The Kier molecular flexibility index (Phi) is 4.24. The lowest BCUT2D eigenvalue weighted by Gasteiger charge is -2.19. The molecule has 2 rings (SSSR count). The van der Waals surface area contributed by atoms with E-state index in [-0.39, 0.29) is 6.61 Å². The molecule has 1 aromatic heterocycles. The highest BCUT2D eigenvalue weighted by Gasteiger charge is 2.27. The molecule has 0 spiro atoms. The van der Waals surface area contributed by atoms with Gasteiger partial charge in [0.15, 0.2) is 6.61 Å². The van der Waals surface area contributed by atoms with Crippen molar-refractivity contribution in [3.8, 4) is 5.75 Å². The van der Waals surface area contributed by atoms with Gasteiger partial charge in [-0.05, 0) is 45.0 Å². The summed E-state index contributed by atoms with van der Waals surface area (Å²) in [6.45, 7) is 6.50. The smallest absolute Gasteiger partial charge is 0.264 e. The largest absolute Gasteiger partial charge is 0.484 e. The fourth-order valence-corrected chi connectivity index (χ4v) is 1.69. The van der Waals surface area contributed by atoms with E-state index in [2.05, 4.69) is 10.1 Å². The maximum atomic E-state index is 5.60. The van der Waals surface area contributed by atoms with Crippen molar-refractivity contribution in [2.24, 2.45) is 0 Å². The van der Waals surface area contributed by atoms with Crippen molar-refractivity contribution < 1.29 is 14.0 Å². The maximum absolute atomic E-state index is 5.60. The SMILES string of the molecule is CCOC(C)(C)c1noc(COc2ccc(N)cc2)n1. The van der Waals surface area contributed by atoms with Crippen LogP contribution in [0.2, 0.25) is 0 Å². The molecule has 6 nitrogen and oxygen atoms in total. The lowest BCUT2D eigenvalue weighted by Crippen LogP contribution is -2.23. The van der Waals surface area contributed by atoms with Gasteiger partial charge in [0.05, 0.1) is 0 Å². The quantitative estimate of drug-likeness (QED) is 0.817. The van der Waals surface area contributed by atoms with Crippen molar-refractivity contribution in [2.75, 3.05) is 12.3 Å². The molecule has 0 saturated heterocycles. The van der Waals surface area contributed by atoms with E-state index < -0.39 is 5.60 Å². The van der Waals surface area contributed by atoms with Crippen LogP contribution < -0.4 is 10.5 Å².